The van der Waals surface area contributed by atoms with E-state index in [1.807, 2.05) is 9.47 Å². The number of nitrogens with one attached hydrogen (secondary N) is 1. The number of aromatic nitrogens is 3. The minimum Gasteiger partial charge on any atom is -0.332 e. The second kappa shape index (κ2) is 4.84. The molecule has 6 nitrogen and oxygen atoms in total. The van der Waals surface area contributed by atoms with E-state index >= 15 is 0 Å². The molecule has 0 aromatic carbocycles. The third kappa shape index (κ3) is 2.02. The molecule has 0 bridgehead atoms. The highest BCUT2D eigenvalue weighted by atomic mass is 16.2. The Hall–Kier alpha value is -1.43. The molecule has 1 aromatic rings. The number of nitrogens with zero attached hydrogens (tertiary/aromatic N) is 4. The number of rotatable bonds is 1. The van der Waals surface area contributed by atoms with Gasteiger partial charge >= 0.3 is 0 Å². The molecule has 3 unspecified atom stereocenters. The van der Waals surface area contributed by atoms with E-state index < -0.39 is 0 Å². The topological polar surface area (TPSA) is 63.1 Å². The van der Waals surface area contributed by atoms with Crippen LogP contribution in [0.5, 0.6) is 0 Å². The molecule has 1 saturated heterocycles. The van der Waals surface area contributed by atoms with Crippen molar-refractivity contribution < 1.29 is 4.79 Å². The molecule has 1 aliphatic carbocycles. The van der Waals surface area contributed by atoms with E-state index in [1.165, 1.54) is 25.7 Å². The molecular weight excluding hydrogens is 254 g/mol. The summed E-state index contributed by atoms with van der Waals surface area (Å²) >= 11 is 0. The summed E-state index contributed by atoms with van der Waals surface area (Å²) in [7, 11) is 0. The van der Waals surface area contributed by atoms with Gasteiger partial charge < -0.3 is 14.8 Å². The van der Waals surface area contributed by atoms with Gasteiger partial charge in [0.1, 0.15) is 6.33 Å². The molecular formula is C14H21N5O. The molecule has 1 amide bonds. The minimum atomic E-state index is 0.0255. The standard InChI is InChI=1S/C14H21N5O/c20-14(12-7-10-3-1-2-4-11(10)16-12)18-5-6-19-9-15-17-13(19)8-18/h9-12,16H,1-8H2. The lowest BCUT2D eigenvalue weighted by Gasteiger charge is -2.29. The third-order valence-electron chi connectivity index (χ3n) is 5.11. The van der Waals surface area contributed by atoms with Crippen molar-refractivity contribution in [2.45, 2.75) is 57.3 Å². The molecule has 108 valence electrons. The Labute approximate surface area is 118 Å². The van der Waals surface area contributed by atoms with Gasteiger partial charge in [0.05, 0.1) is 12.6 Å². The summed E-state index contributed by atoms with van der Waals surface area (Å²) in [4.78, 5) is 14.6. The van der Waals surface area contributed by atoms with E-state index in [1.54, 1.807) is 6.33 Å². The van der Waals surface area contributed by atoms with Crippen molar-refractivity contribution in [1.82, 2.24) is 25.0 Å². The van der Waals surface area contributed by atoms with Crippen LogP contribution in [0.25, 0.3) is 0 Å². The van der Waals surface area contributed by atoms with E-state index in [2.05, 4.69) is 15.5 Å². The summed E-state index contributed by atoms with van der Waals surface area (Å²) in [6.45, 7) is 2.19. The Morgan fingerprint density at radius 3 is 3.10 bits per heavy atom. The fourth-order valence-electron chi connectivity index (χ4n) is 3.99. The van der Waals surface area contributed by atoms with Gasteiger partial charge in [-0.1, -0.05) is 12.8 Å². The van der Waals surface area contributed by atoms with Gasteiger partial charge in [-0.2, -0.15) is 0 Å². The van der Waals surface area contributed by atoms with Crippen LogP contribution >= 0.6 is 0 Å². The van der Waals surface area contributed by atoms with Gasteiger partial charge in [-0.25, -0.2) is 0 Å². The molecule has 1 N–H and O–H groups in total. The largest absolute Gasteiger partial charge is 0.332 e. The van der Waals surface area contributed by atoms with Crippen LogP contribution in [0.3, 0.4) is 0 Å². The molecule has 6 heteroatoms. The highest BCUT2D eigenvalue weighted by Gasteiger charge is 2.40. The quantitative estimate of drug-likeness (QED) is 0.812. The average Bonchev–Trinajstić information content (AvgIpc) is 3.11. The van der Waals surface area contributed by atoms with Crippen LogP contribution in [-0.4, -0.2) is 44.2 Å². The van der Waals surface area contributed by atoms with Gasteiger partial charge in [-0.15, -0.1) is 10.2 Å². The first-order valence-electron chi connectivity index (χ1n) is 7.73. The Bertz CT molecular complexity index is 499. The molecule has 0 radical (unpaired) electrons. The molecule has 2 aliphatic heterocycles. The molecule has 1 aromatic heterocycles. The van der Waals surface area contributed by atoms with Crippen LogP contribution in [0.2, 0.25) is 0 Å². The lowest BCUT2D eigenvalue weighted by molar-refractivity contribution is -0.134. The van der Waals surface area contributed by atoms with Crippen molar-refractivity contribution in [3.63, 3.8) is 0 Å². The van der Waals surface area contributed by atoms with E-state index in [9.17, 15) is 4.79 Å². The maximum absolute atomic E-state index is 12.7. The SMILES string of the molecule is O=C(C1CC2CCCCC2N1)N1CCn2cnnc2C1. The Balaban J connectivity index is 1.43. The van der Waals surface area contributed by atoms with Crippen molar-refractivity contribution in [3.8, 4) is 0 Å². The minimum absolute atomic E-state index is 0.0255. The number of amides is 1. The van der Waals surface area contributed by atoms with Crippen molar-refractivity contribution in [2.75, 3.05) is 6.54 Å². The van der Waals surface area contributed by atoms with Gasteiger partial charge in [-0.3, -0.25) is 4.79 Å². The first-order valence-corrected chi connectivity index (χ1v) is 7.73. The van der Waals surface area contributed by atoms with E-state index in [4.69, 9.17) is 0 Å². The molecule has 3 heterocycles. The zero-order chi connectivity index (χ0) is 13.5. The fourth-order valence-corrected chi connectivity index (χ4v) is 3.99. The number of carbonyl (C=O) groups excluding carboxylic acids is 1. The lowest BCUT2D eigenvalue weighted by Crippen LogP contribution is -2.48. The van der Waals surface area contributed by atoms with E-state index in [-0.39, 0.29) is 11.9 Å². The highest BCUT2D eigenvalue weighted by Crippen LogP contribution is 2.33. The summed E-state index contributed by atoms with van der Waals surface area (Å²) < 4.78 is 2.03. The van der Waals surface area contributed by atoms with Crippen LogP contribution < -0.4 is 5.32 Å². The second-order valence-electron chi connectivity index (χ2n) is 6.31. The van der Waals surface area contributed by atoms with Crippen LogP contribution in [-0.2, 0) is 17.9 Å². The molecule has 0 spiro atoms. The Morgan fingerprint density at radius 2 is 2.20 bits per heavy atom. The normalized spacial score (nSPS) is 32.8. The van der Waals surface area contributed by atoms with Gasteiger partial charge in [-0.05, 0) is 25.2 Å². The number of fused-ring (bicyclic) bond motifs is 2. The Morgan fingerprint density at radius 1 is 1.30 bits per heavy atom. The zero-order valence-corrected chi connectivity index (χ0v) is 11.7. The van der Waals surface area contributed by atoms with Gasteiger partial charge in [0.2, 0.25) is 5.91 Å². The van der Waals surface area contributed by atoms with Crippen LogP contribution in [0.1, 0.15) is 37.9 Å². The summed E-state index contributed by atoms with van der Waals surface area (Å²) in [5, 5.41) is 11.6. The van der Waals surface area contributed by atoms with Gasteiger partial charge in [0.25, 0.3) is 0 Å². The maximum Gasteiger partial charge on any atom is 0.240 e. The molecule has 2 fully saturated rings. The summed E-state index contributed by atoms with van der Waals surface area (Å²) in [6, 6.07) is 0.601. The maximum atomic E-state index is 12.7. The van der Waals surface area contributed by atoms with E-state index in [0.717, 1.165) is 25.3 Å². The van der Waals surface area contributed by atoms with Crippen molar-refractivity contribution in [3.05, 3.63) is 12.2 Å². The van der Waals surface area contributed by atoms with Crippen LogP contribution in [0, 0.1) is 5.92 Å². The monoisotopic (exact) mass is 275 g/mol. The van der Waals surface area contributed by atoms with Gasteiger partial charge in [0.15, 0.2) is 5.82 Å². The molecule has 20 heavy (non-hydrogen) atoms. The lowest BCUT2D eigenvalue weighted by atomic mass is 9.85. The van der Waals surface area contributed by atoms with Gasteiger partial charge in [0, 0.05) is 19.1 Å². The second-order valence-corrected chi connectivity index (χ2v) is 6.31. The molecule has 3 aliphatic rings. The highest BCUT2D eigenvalue weighted by molar-refractivity contribution is 5.82. The van der Waals surface area contributed by atoms with Crippen molar-refractivity contribution >= 4 is 5.91 Å². The predicted molar refractivity (Wildman–Crippen MR) is 72.7 cm³/mol. The average molecular weight is 275 g/mol. The van der Waals surface area contributed by atoms with Crippen molar-refractivity contribution in [2.24, 2.45) is 5.92 Å². The smallest absolute Gasteiger partial charge is 0.240 e. The first kappa shape index (κ1) is 12.3. The number of hydrogen-bond acceptors (Lipinski definition) is 4. The molecule has 3 atom stereocenters. The molecule has 1 saturated carbocycles. The first-order chi connectivity index (χ1) is 9.81. The predicted octanol–water partition coefficient (Wildman–Crippen LogP) is 0.541. The van der Waals surface area contributed by atoms with Crippen LogP contribution in [0.4, 0.5) is 0 Å². The third-order valence-corrected chi connectivity index (χ3v) is 5.11. The number of hydrogen-bond donors (Lipinski definition) is 1. The van der Waals surface area contributed by atoms with Crippen molar-refractivity contribution in [1.29, 1.82) is 0 Å². The van der Waals surface area contributed by atoms with E-state index in [0.29, 0.717) is 18.5 Å². The summed E-state index contributed by atoms with van der Waals surface area (Å²) in [5.74, 6) is 1.87. The van der Waals surface area contributed by atoms with Crippen LogP contribution in [0.15, 0.2) is 6.33 Å². The summed E-state index contributed by atoms with van der Waals surface area (Å²) in [5.41, 5.74) is 0. The number of carbonyl (C=O) groups is 1. The summed E-state index contributed by atoms with van der Waals surface area (Å²) in [6.07, 6.45) is 7.93. The molecule has 4 rings (SSSR count). The zero-order valence-electron chi connectivity index (χ0n) is 11.7. The fraction of sp³-hybridized carbons (Fsp3) is 0.786. The Kier molecular flexibility index (Phi) is 2.98.